The van der Waals surface area contributed by atoms with Crippen LogP contribution in [-0.2, 0) is 18.4 Å². The van der Waals surface area contributed by atoms with Crippen molar-refractivity contribution in [3.63, 3.8) is 0 Å². The highest BCUT2D eigenvalue weighted by atomic mass is 16.3. The second-order valence-electron chi connectivity index (χ2n) is 10.8. The summed E-state index contributed by atoms with van der Waals surface area (Å²) in [6.45, 7) is 12.3. The number of nitriles is 1. The fraction of sp³-hybridized carbons (Fsp3) is 0.393. The van der Waals surface area contributed by atoms with E-state index in [1.54, 1.807) is 12.3 Å². The summed E-state index contributed by atoms with van der Waals surface area (Å²) in [5, 5.41) is 31.8. The first-order valence-corrected chi connectivity index (χ1v) is 12.4. The number of nitrogens with one attached hydrogen (secondary N) is 2. The van der Waals surface area contributed by atoms with Crippen LogP contribution < -0.4 is 15.6 Å². The molecule has 0 saturated carbocycles. The Morgan fingerprint density at radius 1 is 1.17 bits per heavy atom. The molecular weight excluding hydrogens is 450 g/mol. The Labute approximate surface area is 212 Å². The van der Waals surface area contributed by atoms with Crippen LogP contribution in [0.5, 0.6) is 0 Å². The Morgan fingerprint density at radius 3 is 2.69 bits per heavy atom. The normalized spacial score (nSPS) is 17.6. The second-order valence-corrected chi connectivity index (χ2v) is 10.8. The fourth-order valence-electron chi connectivity index (χ4n) is 4.84. The van der Waals surface area contributed by atoms with Gasteiger partial charge in [-0.15, -0.1) is 0 Å². The Morgan fingerprint density at radius 2 is 1.97 bits per heavy atom. The quantitative estimate of drug-likeness (QED) is 0.486. The molecule has 8 heteroatoms. The van der Waals surface area contributed by atoms with Crippen molar-refractivity contribution in [1.29, 1.82) is 5.26 Å². The van der Waals surface area contributed by atoms with Gasteiger partial charge in [0, 0.05) is 41.1 Å². The van der Waals surface area contributed by atoms with Gasteiger partial charge in [-0.25, -0.2) is 4.98 Å². The molecule has 0 fully saturated rings. The van der Waals surface area contributed by atoms with Crippen LogP contribution in [0.4, 0.5) is 23.0 Å². The summed E-state index contributed by atoms with van der Waals surface area (Å²) in [7, 11) is 0. The summed E-state index contributed by atoms with van der Waals surface area (Å²) >= 11 is 0. The van der Waals surface area contributed by atoms with Crippen molar-refractivity contribution in [3.8, 4) is 6.07 Å². The van der Waals surface area contributed by atoms with Crippen molar-refractivity contribution < 1.29 is 5.11 Å². The third-order valence-corrected chi connectivity index (χ3v) is 6.75. The van der Waals surface area contributed by atoms with Crippen LogP contribution in [0.2, 0.25) is 0 Å². The SMILES string of the molecule is CC(C)N1C(O)c2cc(C#N)c(Nc3ccc4c(c3)CCNC4)nc2N1c1ccnc(C(C)(C)C)c1. The lowest BCUT2D eigenvalue weighted by atomic mass is 9.91. The molecule has 186 valence electrons. The van der Waals surface area contributed by atoms with Gasteiger partial charge in [0.1, 0.15) is 6.07 Å². The zero-order valence-electron chi connectivity index (χ0n) is 21.5. The summed E-state index contributed by atoms with van der Waals surface area (Å²) in [5.41, 5.74) is 6.17. The highest BCUT2D eigenvalue weighted by Crippen LogP contribution is 2.45. The Balaban J connectivity index is 1.60. The van der Waals surface area contributed by atoms with E-state index in [4.69, 9.17) is 4.98 Å². The van der Waals surface area contributed by atoms with Gasteiger partial charge in [0.2, 0.25) is 0 Å². The first-order valence-electron chi connectivity index (χ1n) is 12.4. The maximum absolute atomic E-state index is 11.3. The van der Waals surface area contributed by atoms with E-state index < -0.39 is 6.23 Å². The van der Waals surface area contributed by atoms with Crippen molar-refractivity contribution in [1.82, 2.24) is 20.3 Å². The van der Waals surface area contributed by atoms with Crippen LogP contribution in [0.3, 0.4) is 0 Å². The van der Waals surface area contributed by atoms with Gasteiger partial charge in [0.05, 0.1) is 11.3 Å². The van der Waals surface area contributed by atoms with Gasteiger partial charge < -0.3 is 15.7 Å². The predicted octanol–water partition coefficient (Wildman–Crippen LogP) is 4.80. The standard InChI is InChI=1S/C28H33N7O/c1-17(2)34-27(36)23-13-20(15-29)25(32-21-7-6-19-16-30-10-8-18(19)12-21)33-26(23)35(34)22-9-11-31-24(14-22)28(3,4)5/h6-7,9,11-14,17,27,30,36H,8,10,16H2,1-5H3,(H,32,33). The molecule has 1 unspecified atom stereocenters. The molecule has 5 rings (SSSR count). The fourth-order valence-corrected chi connectivity index (χ4v) is 4.84. The summed E-state index contributed by atoms with van der Waals surface area (Å²) in [6, 6.07) is 14.2. The zero-order valence-corrected chi connectivity index (χ0v) is 21.5. The highest BCUT2D eigenvalue weighted by molar-refractivity contribution is 5.73. The lowest BCUT2D eigenvalue weighted by Gasteiger charge is -2.35. The molecule has 0 aliphatic carbocycles. The molecule has 4 heterocycles. The van der Waals surface area contributed by atoms with Crippen molar-refractivity contribution in [2.45, 2.75) is 65.3 Å². The van der Waals surface area contributed by atoms with Gasteiger partial charge in [-0.2, -0.15) is 10.3 Å². The van der Waals surface area contributed by atoms with Gasteiger partial charge in [0.25, 0.3) is 0 Å². The molecule has 0 spiro atoms. The maximum Gasteiger partial charge on any atom is 0.157 e. The average molecular weight is 484 g/mol. The van der Waals surface area contributed by atoms with Crippen molar-refractivity contribution >= 4 is 23.0 Å². The third kappa shape index (κ3) is 4.30. The van der Waals surface area contributed by atoms with Crippen LogP contribution in [0.15, 0.2) is 42.6 Å². The highest BCUT2D eigenvalue weighted by Gasteiger charge is 2.40. The first kappa shape index (κ1) is 24.2. The molecule has 0 saturated heterocycles. The maximum atomic E-state index is 11.3. The van der Waals surface area contributed by atoms with Crippen LogP contribution >= 0.6 is 0 Å². The smallest absolute Gasteiger partial charge is 0.157 e. The lowest BCUT2D eigenvalue weighted by molar-refractivity contribution is -0.00405. The van der Waals surface area contributed by atoms with Crippen molar-refractivity contribution in [2.24, 2.45) is 0 Å². The number of nitrogens with zero attached hydrogens (tertiary/aromatic N) is 5. The molecule has 2 aromatic heterocycles. The number of aliphatic hydroxyl groups excluding tert-OH is 1. The van der Waals surface area contributed by atoms with E-state index in [-0.39, 0.29) is 11.5 Å². The lowest BCUT2D eigenvalue weighted by Crippen LogP contribution is -2.42. The molecule has 36 heavy (non-hydrogen) atoms. The summed E-state index contributed by atoms with van der Waals surface area (Å²) in [6.07, 6.45) is 1.84. The van der Waals surface area contributed by atoms with Crippen molar-refractivity contribution in [3.05, 3.63) is 70.5 Å². The topological polar surface area (TPSA) is 100 Å². The molecule has 2 aliphatic rings. The van der Waals surface area contributed by atoms with E-state index >= 15 is 0 Å². The van der Waals surface area contributed by atoms with E-state index in [0.29, 0.717) is 22.8 Å². The number of hydrogen-bond acceptors (Lipinski definition) is 8. The summed E-state index contributed by atoms with van der Waals surface area (Å²) < 4.78 is 0. The van der Waals surface area contributed by atoms with Gasteiger partial charge >= 0.3 is 0 Å². The van der Waals surface area contributed by atoms with E-state index in [1.165, 1.54) is 11.1 Å². The minimum atomic E-state index is -0.920. The number of benzene rings is 1. The van der Waals surface area contributed by atoms with Gasteiger partial charge in [-0.3, -0.25) is 9.99 Å². The molecule has 3 aromatic rings. The van der Waals surface area contributed by atoms with Crippen LogP contribution in [0.1, 0.15) is 68.8 Å². The number of hydrazine groups is 1. The number of hydrogen-bond donors (Lipinski definition) is 3. The van der Waals surface area contributed by atoms with E-state index in [0.717, 1.165) is 36.6 Å². The van der Waals surface area contributed by atoms with Crippen LogP contribution in [0.25, 0.3) is 0 Å². The van der Waals surface area contributed by atoms with E-state index in [1.807, 2.05) is 42.1 Å². The summed E-state index contributed by atoms with van der Waals surface area (Å²) in [5.74, 6) is 1.07. The number of pyridine rings is 2. The monoisotopic (exact) mass is 483 g/mol. The van der Waals surface area contributed by atoms with E-state index in [9.17, 15) is 10.4 Å². The molecular formula is C28H33N7O. The number of aromatic nitrogens is 2. The van der Waals surface area contributed by atoms with Gasteiger partial charge in [-0.1, -0.05) is 26.8 Å². The molecule has 3 N–H and O–H groups in total. The first-order chi connectivity index (χ1) is 17.2. The largest absolute Gasteiger partial charge is 0.372 e. The number of anilines is 4. The van der Waals surface area contributed by atoms with Crippen LogP contribution in [-0.4, -0.2) is 32.7 Å². The number of fused-ring (bicyclic) bond motifs is 2. The molecule has 8 nitrogen and oxygen atoms in total. The molecule has 0 radical (unpaired) electrons. The Kier molecular flexibility index (Phi) is 6.17. The average Bonchev–Trinajstić information content (AvgIpc) is 3.14. The van der Waals surface area contributed by atoms with E-state index in [2.05, 4.69) is 54.6 Å². The van der Waals surface area contributed by atoms with Gasteiger partial charge in [-0.05, 0) is 68.3 Å². The Hall–Kier alpha value is -3.51. The summed E-state index contributed by atoms with van der Waals surface area (Å²) in [4.78, 5) is 9.50. The molecule has 2 aliphatic heterocycles. The Bertz CT molecular complexity index is 1340. The minimum Gasteiger partial charge on any atom is -0.372 e. The molecule has 0 bridgehead atoms. The second kappa shape index (κ2) is 9.17. The number of rotatable bonds is 4. The molecule has 0 amide bonds. The minimum absolute atomic E-state index is 0.0170. The number of aliphatic hydroxyl groups is 1. The van der Waals surface area contributed by atoms with Gasteiger partial charge in [0.15, 0.2) is 17.9 Å². The van der Waals surface area contributed by atoms with Crippen molar-refractivity contribution in [2.75, 3.05) is 16.9 Å². The third-order valence-electron chi connectivity index (χ3n) is 6.75. The van der Waals surface area contributed by atoms with Crippen LogP contribution in [0, 0.1) is 11.3 Å². The zero-order chi connectivity index (χ0) is 25.6. The molecule has 1 atom stereocenters. The predicted molar refractivity (Wildman–Crippen MR) is 141 cm³/mol. The molecule has 1 aromatic carbocycles.